The lowest BCUT2D eigenvalue weighted by molar-refractivity contribution is -0.199. The summed E-state index contributed by atoms with van der Waals surface area (Å²) in [6.07, 6.45) is -3.96. The van der Waals surface area contributed by atoms with E-state index in [4.69, 9.17) is 5.73 Å². The van der Waals surface area contributed by atoms with Gasteiger partial charge in [0.15, 0.2) is 11.5 Å². The second kappa shape index (κ2) is 8.09. The van der Waals surface area contributed by atoms with Crippen molar-refractivity contribution in [2.75, 3.05) is 0 Å². The van der Waals surface area contributed by atoms with Crippen molar-refractivity contribution >= 4 is 33.6 Å². The van der Waals surface area contributed by atoms with Crippen LogP contribution in [0.1, 0.15) is 11.1 Å². The van der Waals surface area contributed by atoms with Crippen LogP contribution in [0.3, 0.4) is 0 Å². The minimum Gasteiger partial charge on any atom is -0.392 e. The second-order valence-electron chi connectivity index (χ2n) is 6.76. The van der Waals surface area contributed by atoms with Crippen LogP contribution in [0.25, 0.3) is 33.1 Å². The largest absolute Gasteiger partial charge is 0.493 e. The Kier molecular flexibility index (Phi) is 5.41. The summed E-state index contributed by atoms with van der Waals surface area (Å²) in [5.74, 6) is -4.72. The summed E-state index contributed by atoms with van der Waals surface area (Å²) in [4.78, 5) is 18.8. The molecule has 0 atom stereocenters. The Morgan fingerprint density at radius 1 is 1.18 bits per heavy atom. The average Bonchev–Trinajstić information content (AvgIpc) is 3.26. The van der Waals surface area contributed by atoms with Crippen molar-refractivity contribution in [2.24, 2.45) is 10.9 Å². The topological polar surface area (TPSA) is 126 Å². The molecule has 4 N–H and O–H groups in total. The summed E-state index contributed by atoms with van der Waals surface area (Å²) in [5.41, 5.74) is 5.89. The molecule has 0 radical (unpaired) electrons. The predicted molar refractivity (Wildman–Crippen MR) is 106 cm³/mol. The Morgan fingerprint density at radius 2 is 1.88 bits per heavy atom. The number of hydrogen-bond donors (Lipinski definition) is 3. The van der Waals surface area contributed by atoms with Gasteiger partial charge in [0, 0.05) is 32.8 Å². The third-order valence-corrected chi connectivity index (χ3v) is 4.72. The molecule has 0 amide bonds. The monoisotopic (exact) mass is 465 g/mol. The maximum Gasteiger partial charge on any atom is 0.493 e. The quantitative estimate of drug-likeness (QED) is 0.140. The van der Waals surface area contributed by atoms with Crippen molar-refractivity contribution in [3.05, 3.63) is 59.3 Å². The number of nitrogens with one attached hydrogen (secondary N) is 1. The van der Waals surface area contributed by atoms with Gasteiger partial charge in [-0.25, -0.2) is 18.6 Å². The minimum atomic E-state index is -5.24. The van der Waals surface area contributed by atoms with Gasteiger partial charge in [-0.1, -0.05) is 29.4 Å². The first-order valence-electron chi connectivity index (χ1n) is 9.08. The van der Waals surface area contributed by atoms with Crippen molar-refractivity contribution in [3.8, 4) is 11.3 Å². The molecule has 170 valence electrons. The van der Waals surface area contributed by atoms with Crippen molar-refractivity contribution < 1.29 is 36.7 Å². The molecule has 0 spiro atoms. The lowest BCUT2D eigenvalue weighted by atomic mass is 9.98. The summed E-state index contributed by atoms with van der Waals surface area (Å²) in [5, 5.41) is 18.6. The number of pyridine rings is 1. The van der Waals surface area contributed by atoms with Gasteiger partial charge in [0.1, 0.15) is 11.6 Å². The van der Waals surface area contributed by atoms with Crippen LogP contribution in [-0.2, 0) is 16.2 Å². The van der Waals surface area contributed by atoms with E-state index in [-0.39, 0.29) is 38.6 Å². The van der Waals surface area contributed by atoms with E-state index in [0.29, 0.717) is 5.56 Å². The van der Waals surface area contributed by atoms with Gasteiger partial charge in [-0.3, -0.25) is 5.10 Å². The number of carbonyl (C=O) groups is 1. The van der Waals surface area contributed by atoms with Gasteiger partial charge in [0.05, 0.1) is 18.5 Å². The summed E-state index contributed by atoms with van der Waals surface area (Å²) in [7, 11) is 0. The Bertz CT molecular complexity index is 1410. The number of benzene rings is 2. The smallest absolute Gasteiger partial charge is 0.392 e. The molecular formula is C20H12F5N5O3. The van der Waals surface area contributed by atoms with Crippen molar-refractivity contribution in [2.45, 2.75) is 12.8 Å². The number of carbonyl (C=O) groups excluding carboxylic acids is 1. The lowest BCUT2D eigenvalue weighted by Crippen LogP contribution is -2.25. The standard InChI is InChI=1S/C20H12F5N5O3/c21-12-5-10(7-31)15(22)13-11-6-27-29-18(11)28-16(14(12)13)8-1-3-9(4-2-8)17(26)30-33-19(32)20(23,24)25/h1-6,31H,7H2,(H2,26,30)(H,27,28,29). The summed E-state index contributed by atoms with van der Waals surface area (Å²) < 4.78 is 66.5. The van der Waals surface area contributed by atoms with Gasteiger partial charge in [-0.15, -0.1) is 0 Å². The van der Waals surface area contributed by atoms with E-state index < -0.39 is 36.2 Å². The number of rotatable bonds is 4. The van der Waals surface area contributed by atoms with Gasteiger partial charge in [-0.2, -0.15) is 18.3 Å². The maximum atomic E-state index is 15.0. The molecule has 2 aromatic carbocycles. The van der Waals surface area contributed by atoms with E-state index in [1.165, 1.54) is 30.5 Å². The van der Waals surface area contributed by atoms with E-state index in [0.717, 1.165) is 6.07 Å². The first kappa shape index (κ1) is 22.1. The third kappa shape index (κ3) is 3.93. The number of hydrogen-bond acceptors (Lipinski definition) is 6. The van der Waals surface area contributed by atoms with Crippen LogP contribution in [0.4, 0.5) is 22.0 Å². The van der Waals surface area contributed by atoms with Crippen molar-refractivity contribution in [1.82, 2.24) is 15.2 Å². The molecule has 33 heavy (non-hydrogen) atoms. The molecule has 0 aliphatic carbocycles. The normalized spacial score (nSPS) is 12.5. The third-order valence-electron chi connectivity index (χ3n) is 4.72. The number of halogens is 5. The molecule has 8 nitrogen and oxygen atoms in total. The number of nitrogens with zero attached hydrogens (tertiary/aromatic N) is 3. The van der Waals surface area contributed by atoms with E-state index >= 15 is 4.39 Å². The van der Waals surface area contributed by atoms with E-state index in [2.05, 4.69) is 25.2 Å². The zero-order valence-electron chi connectivity index (χ0n) is 16.2. The molecule has 13 heteroatoms. The first-order valence-corrected chi connectivity index (χ1v) is 9.08. The molecule has 4 rings (SSSR count). The van der Waals surface area contributed by atoms with E-state index in [1.54, 1.807) is 0 Å². The zero-order chi connectivity index (χ0) is 23.9. The molecule has 2 heterocycles. The highest BCUT2D eigenvalue weighted by molar-refractivity contribution is 6.10. The van der Waals surface area contributed by atoms with Gasteiger partial charge in [0.25, 0.3) is 0 Å². The van der Waals surface area contributed by atoms with Gasteiger partial charge in [-0.05, 0) is 6.07 Å². The molecule has 0 aliphatic rings. The number of aromatic amines is 1. The average molecular weight is 465 g/mol. The van der Waals surface area contributed by atoms with Crippen LogP contribution in [0, 0.1) is 11.6 Å². The highest BCUT2D eigenvalue weighted by atomic mass is 19.4. The van der Waals surface area contributed by atoms with Crippen molar-refractivity contribution in [1.29, 1.82) is 0 Å². The number of amidine groups is 1. The SMILES string of the molecule is NC(=NOC(=O)C(F)(F)F)c1ccc(-c2nc3[nH]ncc3c3c(F)c(CO)cc(F)c23)cc1. The Balaban J connectivity index is 1.80. The molecule has 4 aromatic rings. The minimum absolute atomic E-state index is 0.0354. The molecule has 2 aromatic heterocycles. The van der Waals surface area contributed by atoms with Gasteiger partial charge < -0.3 is 15.7 Å². The van der Waals surface area contributed by atoms with Gasteiger partial charge in [0.2, 0.25) is 0 Å². The fraction of sp³-hybridized carbons (Fsp3) is 0.100. The summed E-state index contributed by atoms with van der Waals surface area (Å²) in [6.45, 7) is -0.720. The number of fused-ring (bicyclic) bond motifs is 3. The Labute approximate surface area is 180 Å². The van der Waals surface area contributed by atoms with Crippen LogP contribution in [0.5, 0.6) is 0 Å². The van der Waals surface area contributed by atoms with Crippen LogP contribution in [0.15, 0.2) is 41.7 Å². The number of aromatic nitrogens is 3. The van der Waals surface area contributed by atoms with Gasteiger partial charge >= 0.3 is 12.1 Å². The molecule has 0 saturated heterocycles. The molecule has 0 unspecified atom stereocenters. The number of nitrogens with two attached hydrogens (primary N) is 1. The highest BCUT2D eigenvalue weighted by Crippen LogP contribution is 2.36. The summed E-state index contributed by atoms with van der Waals surface area (Å²) in [6, 6.07) is 6.28. The van der Waals surface area contributed by atoms with Crippen LogP contribution in [0.2, 0.25) is 0 Å². The molecule has 0 bridgehead atoms. The van der Waals surface area contributed by atoms with Crippen LogP contribution >= 0.6 is 0 Å². The molecular weight excluding hydrogens is 453 g/mol. The highest BCUT2D eigenvalue weighted by Gasteiger charge is 2.41. The fourth-order valence-corrected chi connectivity index (χ4v) is 3.20. The number of alkyl halides is 3. The molecule has 0 aliphatic heterocycles. The van der Waals surface area contributed by atoms with Crippen molar-refractivity contribution in [3.63, 3.8) is 0 Å². The fourth-order valence-electron chi connectivity index (χ4n) is 3.20. The Hall–Kier alpha value is -4.13. The summed E-state index contributed by atoms with van der Waals surface area (Å²) >= 11 is 0. The second-order valence-corrected chi connectivity index (χ2v) is 6.76. The van der Waals surface area contributed by atoms with Crippen LogP contribution < -0.4 is 5.73 Å². The number of H-pyrrole nitrogens is 1. The number of aliphatic hydroxyl groups excluding tert-OH is 1. The number of oxime groups is 1. The lowest BCUT2D eigenvalue weighted by Gasteiger charge is -2.12. The Morgan fingerprint density at radius 3 is 2.52 bits per heavy atom. The van der Waals surface area contributed by atoms with Crippen LogP contribution in [-0.4, -0.2) is 38.3 Å². The zero-order valence-corrected chi connectivity index (χ0v) is 16.2. The molecule has 0 saturated carbocycles. The van der Waals surface area contributed by atoms with E-state index in [1.807, 2.05) is 0 Å². The van der Waals surface area contributed by atoms with E-state index in [9.17, 15) is 27.5 Å². The molecule has 0 fully saturated rings. The first-order chi connectivity index (χ1) is 15.6. The maximum absolute atomic E-state index is 15.0. The number of aliphatic hydroxyl groups is 1. The predicted octanol–water partition coefficient (Wildman–Crippen LogP) is 3.27.